The lowest BCUT2D eigenvalue weighted by Gasteiger charge is -2.21. The van der Waals surface area contributed by atoms with Crippen LogP contribution in [0.25, 0.3) is 0 Å². The first kappa shape index (κ1) is 19.6. The van der Waals surface area contributed by atoms with Crippen LogP contribution in [0.4, 0.5) is 0 Å². The Morgan fingerprint density at radius 3 is 2.10 bits per heavy atom. The molecule has 1 aromatic rings. The topological polar surface area (TPSA) is 40.5 Å². The standard InChI is InChI=1S/C13H17NO2S3.ClH/c1-3-18-14(19-4-2)12(17)9-10-5-7-11(8-6-10)13(15)16;/h5-8H,3-4,9H2,1-2H3,(H,15,16);1H. The van der Waals surface area contributed by atoms with Crippen molar-refractivity contribution in [3.05, 3.63) is 35.4 Å². The minimum atomic E-state index is -0.904. The minimum absolute atomic E-state index is 0. The van der Waals surface area contributed by atoms with E-state index in [-0.39, 0.29) is 12.4 Å². The maximum atomic E-state index is 10.8. The average Bonchev–Trinajstić information content (AvgIpc) is 2.39. The number of carboxylic acid groups (broad SMARTS) is 1. The van der Waals surface area contributed by atoms with Crippen molar-refractivity contribution in [2.75, 3.05) is 11.5 Å². The summed E-state index contributed by atoms with van der Waals surface area (Å²) in [4.78, 5) is 11.6. The van der Waals surface area contributed by atoms with Gasteiger partial charge in [0.05, 0.1) is 5.56 Å². The summed E-state index contributed by atoms with van der Waals surface area (Å²) in [5.74, 6) is 1.05. The van der Waals surface area contributed by atoms with Crippen LogP contribution in [0.3, 0.4) is 0 Å². The molecule has 0 radical (unpaired) electrons. The van der Waals surface area contributed by atoms with Crippen molar-refractivity contribution in [2.24, 2.45) is 0 Å². The number of thiocarbonyl (C=S) groups is 1. The van der Waals surface area contributed by atoms with Crippen LogP contribution >= 0.6 is 48.5 Å². The smallest absolute Gasteiger partial charge is 0.335 e. The van der Waals surface area contributed by atoms with Gasteiger partial charge in [-0.1, -0.05) is 38.2 Å². The highest BCUT2D eigenvalue weighted by molar-refractivity contribution is 8.13. The second-order valence-corrected chi connectivity index (χ2v) is 6.77. The Balaban J connectivity index is 0.00000361. The number of benzene rings is 1. The third kappa shape index (κ3) is 6.35. The lowest BCUT2D eigenvalue weighted by molar-refractivity contribution is 0.0697. The van der Waals surface area contributed by atoms with E-state index in [2.05, 4.69) is 17.6 Å². The zero-order chi connectivity index (χ0) is 14.3. The maximum absolute atomic E-state index is 10.8. The van der Waals surface area contributed by atoms with E-state index >= 15 is 0 Å². The largest absolute Gasteiger partial charge is 0.478 e. The molecule has 7 heteroatoms. The van der Waals surface area contributed by atoms with E-state index in [0.29, 0.717) is 12.0 Å². The van der Waals surface area contributed by atoms with E-state index in [0.717, 1.165) is 22.1 Å². The molecule has 0 saturated heterocycles. The quantitative estimate of drug-likeness (QED) is 0.583. The molecule has 0 aliphatic rings. The lowest BCUT2D eigenvalue weighted by Crippen LogP contribution is -2.18. The van der Waals surface area contributed by atoms with Gasteiger partial charge in [0.15, 0.2) is 0 Å². The molecule has 0 amide bonds. The van der Waals surface area contributed by atoms with Gasteiger partial charge in [-0.3, -0.25) is 3.71 Å². The van der Waals surface area contributed by atoms with Crippen molar-refractivity contribution < 1.29 is 9.90 Å². The zero-order valence-corrected chi connectivity index (χ0v) is 14.6. The lowest BCUT2D eigenvalue weighted by atomic mass is 10.1. The van der Waals surface area contributed by atoms with Crippen LogP contribution in [0.2, 0.25) is 0 Å². The molecule has 0 aliphatic heterocycles. The van der Waals surface area contributed by atoms with Crippen molar-refractivity contribution in [3.8, 4) is 0 Å². The molecule has 20 heavy (non-hydrogen) atoms. The monoisotopic (exact) mass is 351 g/mol. The third-order valence-electron chi connectivity index (χ3n) is 2.25. The molecule has 0 heterocycles. The Kier molecular flexibility index (Phi) is 10.1. The second-order valence-electron chi connectivity index (χ2n) is 3.67. The number of aromatic carboxylic acids is 1. The Morgan fingerprint density at radius 1 is 1.20 bits per heavy atom. The zero-order valence-electron chi connectivity index (χ0n) is 11.4. The Bertz CT molecular complexity index is 434. The van der Waals surface area contributed by atoms with Gasteiger partial charge in [0.1, 0.15) is 4.99 Å². The van der Waals surface area contributed by atoms with E-state index in [1.54, 1.807) is 36.0 Å². The van der Waals surface area contributed by atoms with Gasteiger partial charge in [-0.25, -0.2) is 4.79 Å². The summed E-state index contributed by atoms with van der Waals surface area (Å²) in [6.45, 7) is 4.19. The average molecular weight is 352 g/mol. The number of hydrogen-bond donors (Lipinski definition) is 1. The van der Waals surface area contributed by atoms with Crippen LogP contribution in [0.5, 0.6) is 0 Å². The number of halogens is 1. The van der Waals surface area contributed by atoms with Crippen LogP contribution in [0, 0.1) is 0 Å². The summed E-state index contributed by atoms with van der Waals surface area (Å²) in [7, 11) is 0. The molecular formula is C13H18ClNO2S3. The molecular weight excluding hydrogens is 334 g/mol. The predicted octanol–water partition coefficient (Wildman–Crippen LogP) is 4.31. The molecule has 0 aromatic heterocycles. The van der Waals surface area contributed by atoms with Crippen molar-refractivity contribution in [2.45, 2.75) is 20.3 Å². The summed E-state index contributed by atoms with van der Waals surface area (Å²) in [6.07, 6.45) is 0.662. The van der Waals surface area contributed by atoms with E-state index in [1.165, 1.54) is 0 Å². The Labute approximate surface area is 140 Å². The summed E-state index contributed by atoms with van der Waals surface area (Å²) in [6, 6.07) is 6.87. The molecule has 0 bridgehead atoms. The molecule has 112 valence electrons. The first-order valence-electron chi connectivity index (χ1n) is 5.99. The highest BCUT2D eigenvalue weighted by Gasteiger charge is 2.11. The van der Waals surface area contributed by atoms with Gasteiger partial charge in [-0.05, 0) is 41.6 Å². The Hall–Kier alpha value is -0.430. The second kappa shape index (κ2) is 10.3. The summed E-state index contributed by atoms with van der Waals surface area (Å²) in [5.41, 5.74) is 1.34. The number of carboxylic acids is 1. The fraction of sp³-hybridized carbons (Fsp3) is 0.385. The van der Waals surface area contributed by atoms with E-state index in [4.69, 9.17) is 17.3 Å². The first-order chi connectivity index (χ1) is 9.08. The Morgan fingerprint density at radius 2 is 1.70 bits per heavy atom. The third-order valence-corrected chi connectivity index (χ3v) is 4.87. The highest BCUT2D eigenvalue weighted by Crippen LogP contribution is 2.23. The van der Waals surface area contributed by atoms with Gasteiger partial charge >= 0.3 is 5.97 Å². The molecule has 0 spiro atoms. The number of hydrogen-bond acceptors (Lipinski definition) is 4. The van der Waals surface area contributed by atoms with Gasteiger partial charge in [-0.2, -0.15) is 0 Å². The first-order valence-corrected chi connectivity index (χ1v) is 8.28. The van der Waals surface area contributed by atoms with E-state index < -0.39 is 5.97 Å². The van der Waals surface area contributed by atoms with Crippen LogP contribution in [0.1, 0.15) is 29.8 Å². The summed E-state index contributed by atoms with van der Waals surface area (Å²) in [5, 5.41) is 8.85. The van der Waals surface area contributed by atoms with Crippen molar-refractivity contribution in [3.63, 3.8) is 0 Å². The van der Waals surface area contributed by atoms with Crippen molar-refractivity contribution >= 4 is 59.5 Å². The number of carbonyl (C=O) groups is 1. The van der Waals surface area contributed by atoms with Gasteiger partial charge < -0.3 is 5.11 Å². The molecule has 1 rings (SSSR count). The SMILES string of the molecule is CCSN(SCC)C(=S)Cc1ccc(C(=O)O)cc1.Cl. The van der Waals surface area contributed by atoms with E-state index in [9.17, 15) is 4.79 Å². The van der Waals surface area contributed by atoms with Gasteiger partial charge in [0, 0.05) is 17.9 Å². The molecule has 0 saturated carbocycles. The number of nitrogens with zero attached hydrogens (tertiary/aromatic N) is 1. The molecule has 0 aliphatic carbocycles. The van der Waals surface area contributed by atoms with Crippen molar-refractivity contribution in [1.82, 2.24) is 3.71 Å². The van der Waals surface area contributed by atoms with Gasteiger partial charge in [0.2, 0.25) is 0 Å². The minimum Gasteiger partial charge on any atom is -0.478 e. The maximum Gasteiger partial charge on any atom is 0.335 e. The predicted molar refractivity (Wildman–Crippen MR) is 95.1 cm³/mol. The fourth-order valence-electron chi connectivity index (χ4n) is 1.42. The normalized spacial score (nSPS) is 9.70. The number of rotatable bonds is 7. The molecule has 1 N–H and O–H groups in total. The molecule has 1 aromatic carbocycles. The summed E-state index contributed by atoms with van der Waals surface area (Å²) >= 11 is 8.84. The van der Waals surface area contributed by atoms with Crippen LogP contribution in [0.15, 0.2) is 24.3 Å². The highest BCUT2D eigenvalue weighted by atomic mass is 35.5. The van der Waals surface area contributed by atoms with E-state index in [1.807, 2.05) is 12.1 Å². The summed E-state index contributed by atoms with van der Waals surface area (Å²) < 4.78 is 2.07. The molecule has 0 fully saturated rings. The van der Waals surface area contributed by atoms with Crippen molar-refractivity contribution in [1.29, 1.82) is 0 Å². The molecule has 0 unspecified atom stereocenters. The van der Waals surface area contributed by atoms with Crippen LogP contribution in [-0.4, -0.2) is 31.3 Å². The molecule has 0 atom stereocenters. The molecule has 3 nitrogen and oxygen atoms in total. The van der Waals surface area contributed by atoms with Gasteiger partial charge in [0.25, 0.3) is 0 Å². The van der Waals surface area contributed by atoms with Gasteiger partial charge in [-0.15, -0.1) is 12.4 Å². The van der Waals surface area contributed by atoms with Crippen LogP contribution < -0.4 is 0 Å². The van der Waals surface area contributed by atoms with Crippen LogP contribution in [-0.2, 0) is 6.42 Å². The fourth-order valence-corrected chi connectivity index (χ4v) is 3.72.